The van der Waals surface area contributed by atoms with Gasteiger partial charge in [-0.25, -0.2) is 0 Å². The molecule has 1 unspecified atom stereocenters. The maximum atomic E-state index is 12.3. The van der Waals surface area contributed by atoms with Crippen LogP contribution in [0.3, 0.4) is 0 Å². The van der Waals surface area contributed by atoms with Crippen molar-refractivity contribution in [1.29, 1.82) is 0 Å². The SMILES string of the molecule is C[C@@H](NC1CCCc2c1oc1ccc(-c3ccc4c(c3)CCCNC4=O)cc21)c1ccccc1. The average Bonchev–Trinajstić information content (AvgIpc) is 3.15. The Labute approximate surface area is 200 Å². The van der Waals surface area contributed by atoms with Gasteiger partial charge in [-0.3, -0.25) is 4.79 Å². The minimum absolute atomic E-state index is 0.0432. The van der Waals surface area contributed by atoms with Gasteiger partial charge in [-0.05, 0) is 79.5 Å². The second-order valence-corrected chi connectivity index (χ2v) is 9.63. The molecule has 3 aromatic carbocycles. The molecule has 4 heteroatoms. The van der Waals surface area contributed by atoms with Gasteiger partial charge in [-0.1, -0.05) is 48.5 Å². The van der Waals surface area contributed by atoms with E-state index < -0.39 is 0 Å². The van der Waals surface area contributed by atoms with Gasteiger partial charge in [0.2, 0.25) is 0 Å². The van der Waals surface area contributed by atoms with Crippen LogP contribution in [0.2, 0.25) is 0 Å². The van der Waals surface area contributed by atoms with Gasteiger partial charge in [-0.2, -0.15) is 0 Å². The number of hydrogen-bond acceptors (Lipinski definition) is 3. The molecule has 0 fully saturated rings. The van der Waals surface area contributed by atoms with Gasteiger partial charge >= 0.3 is 0 Å². The lowest BCUT2D eigenvalue weighted by Crippen LogP contribution is -2.27. The summed E-state index contributed by atoms with van der Waals surface area (Å²) in [6, 6.07) is 23.9. The summed E-state index contributed by atoms with van der Waals surface area (Å²) in [5, 5.41) is 8.02. The van der Waals surface area contributed by atoms with Crippen molar-refractivity contribution in [3.63, 3.8) is 0 Å². The third-order valence-corrected chi connectivity index (χ3v) is 7.40. The Morgan fingerprint density at radius 2 is 1.79 bits per heavy atom. The predicted octanol–water partition coefficient (Wildman–Crippen LogP) is 6.50. The van der Waals surface area contributed by atoms with Crippen LogP contribution in [0, 0.1) is 0 Å². The number of furan rings is 1. The summed E-state index contributed by atoms with van der Waals surface area (Å²) in [6.45, 7) is 2.97. The van der Waals surface area contributed by atoms with Gasteiger partial charge in [0.1, 0.15) is 11.3 Å². The van der Waals surface area contributed by atoms with Crippen LogP contribution < -0.4 is 10.6 Å². The fraction of sp³-hybridized carbons (Fsp3) is 0.300. The fourth-order valence-corrected chi connectivity index (χ4v) is 5.58. The molecule has 0 spiro atoms. The Bertz CT molecular complexity index is 1360. The van der Waals surface area contributed by atoms with Crippen molar-refractivity contribution in [2.24, 2.45) is 0 Å². The Morgan fingerprint density at radius 1 is 0.971 bits per heavy atom. The largest absolute Gasteiger partial charge is 0.459 e. The van der Waals surface area contributed by atoms with Crippen LogP contribution >= 0.6 is 0 Å². The van der Waals surface area contributed by atoms with Crippen molar-refractivity contribution in [2.75, 3.05) is 6.54 Å². The van der Waals surface area contributed by atoms with E-state index in [1.807, 2.05) is 6.07 Å². The zero-order valence-electron chi connectivity index (χ0n) is 19.6. The lowest BCUT2D eigenvalue weighted by atomic mass is 9.90. The number of carbonyl (C=O) groups excluding carboxylic acids is 1. The van der Waals surface area contributed by atoms with E-state index in [-0.39, 0.29) is 18.0 Å². The molecule has 0 bridgehead atoms. The molecule has 0 saturated carbocycles. The second kappa shape index (κ2) is 8.77. The first-order valence-electron chi connectivity index (χ1n) is 12.5. The smallest absolute Gasteiger partial charge is 0.251 e. The first-order chi connectivity index (χ1) is 16.7. The van der Waals surface area contributed by atoms with Crippen molar-refractivity contribution in [1.82, 2.24) is 10.6 Å². The van der Waals surface area contributed by atoms with Gasteiger partial charge in [0.25, 0.3) is 5.91 Å². The number of benzene rings is 3. The Balaban J connectivity index is 1.33. The van der Waals surface area contributed by atoms with E-state index in [4.69, 9.17) is 4.42 Å². The summed E-state index contributed by atoms with van der Waals surface area (Å²) < 4.78 is 6.44. The first kappa shape index (κ1) is 21.2. The summed E-state index contributed by atoms with van der Waals surface area (Å²) in [4.78, 5) is 12.3. The van der Waals surface area contributed by atoms with Gasteiger partial charge in [0.05, 0.1) is 6.04 Å². The molecule has 4 nitrogen and oxygen atoms in total. The van der Waals surface area contributed by atoms with Crippen LogP contribution in [-0.2, 0) is 12.8 Å². The third-order valence-electron chi connectivity index (χ3n) is 7.40. The number of fused-ring (bicyclic) bond motifs is 4. The van der Waals surface area contributed by atoms with Crippen LogP contribution in [0.15, 0.2) is 71.1 Å². The molecule has 1 aliphatic carbocycles. The molecular formula is C30H30N2O2. The van der Waals surface area contributed by atoms with E-state index in [9.17, 15) is 4.79 Å². The lowest BCUT2D eigenvalue weighted by molar-refractivity contribution is 0.0956. The highest BCUT2D eigenvalue weighted by atomic mass is 16.3. The standard InChI is InChI=1S/C30H30N2O2/c1-19(20-7-3-2-4-8-20)32-27-11-5-10-25-26-18-22(13-15-28(26)34-29(25)27)21-12-14-24-23(17-21)9-6-16-31-30(24)33/h2-4,7-8,12-15,17-19,27,32H,5-6,9-11,16H2,1H3,(H,31,33)/t19-,27?/m1/s1. The second-order valence-electron chi connectivity index (χ2n) is 9.63. The highest BCUT2D eigenvalue weighted by Crippen LogP contribution is 2.40. The van der Waals surface area contributed by atoms with Gasteiger partial charge < -0.3 is 15.1 Å². The van der Waals surface area contributed by atoms with Crippen molar-refractivity contribution in [3.05, 3.63) is 94.7 Å². The van der Waals surface area contributed by atoms with E-state index in [1.165, 1.54) is 22.1 Å². The van der Waals surface area contributed by atoms with Crippen LogP contribution in [0.25, 0.3) is 22.1 Å². The van der Waals surface area contributed by atoms with E-state index in [1.54, 1.807) is 0 Å². The molecule has 1 amide bonds. The zero-order valence-corrected chi connectivity index (χ0v) is 19.6. The first-order valence-corrected chi connectivity index (χ1v) is 12.5. The van der Waals surface area contributed by atoms with Crippen molar-refractivity contribution < 1.29 is 9.21 Å². The van der Waals surface area contributed by atoms with E-state index >= 15 is 0 Å². The molecule has 0 radical (unpaired) electrons. The summed E-state index contributed by atoms with van der Waals surface area (Å²) in [7, 11) is 0. The van der Waals surface area contributed by atoms with Crippen molar-refractivity contribution in [2.45, 2.75) is 51.1 Å². The average molecular weight is 451 g/mol. The highest BCUT2D eigenvalue weighted by molar-refractivity contribution is 5.97. The Morgan fingerprint density at radius 3 is 2.68 bits per heavy atom. The zero-order chi connectivity index (χ0) is 23.1. The monoisotopic (exact) mass is 450 g/mol. The third kappa shape index (κ3) is 3.82. The minimum Gasteiger partial charge on any atom is -0.459 e. The van der Waals surface area contributed by atoms with Gasteiger partial charge in [-0.15, -0.1) is 0 Å². The van der Waals surface area contributed by atoms with Crippen LogP contribution in [-0.4, -0.2) is 12.5 Å². The molecule has 172 valence electrons. The number of aryl methyl sites for hydroxylation is 2. The van der Waals surface area contributed by atoms with Gasteiger partial charge in [0, 0.05) is 29.1 Å². The number of rotatable bonds is 4. The minimum atomic E-state index is 0.0432. The maximum absolute atomic E-state index is 12.3. The van der Waals surface area contributed by atoms with E-state index in [0.29, 0.717) is 0 Å². The molecule has 34 heavy (non-hydrogen) atoms. The molecule has 0 saturated heterocycles. The predicted molar refractivity (Wildman–Crippen MR) is 136 cm³/mol. The number of carbonyl (C=O) groups is 1. The number of nitrogens with one attached hydrogen (secondary N) is 2. The molecule has 1 aliphatic heterocycles. The Kier molecular flexibility index (Phi) is 5.46. The van der Waals surface area contributed by atoms with Crippen LogP contribution in [0.5, 0.6) is 0 Å². The molecule has 2 atom stereocenters. The fourth-order valence-electron chi connectivity index (χ4n) is 5.58. The number of hydrogen-bond donors (Lipinski definition) is 2. The summed E-state index contributed by atoms with van der Waals surface area (Å²) in [5.41, 5.74) is 7.89. The summed E-state index contributed by atoms with van der Waals surface area (Å²) in [5.74, 6) is 1.14. The number of amides is 1. The molecular weight excluding hydrogens is 420 g/mol. The van der Waals surface area contributed by atoms with Crippen LogP contribution in [0.4, 0.5) is 0 Å². The molecule has 2 N–H and O–H groups in total. The maximum Gasteiger partial charge on any atom is 0.251 e. The normalized spacial score (nSPS) is 18.6. The van der Waals surface area contributed by atoms with Crippen molar-refractivity contribution >= 4 is 16.9 Å². The highest BCUT2D eigenvalue weighted by Gasteiger charge is 2.28. The lowest BCUT2D eigenvalue weighted by Gasteiger charge is -2.26. The quantitative estimate of drug-likeness (QED) is 0.373. The summed E-state index contributed by atoms with van der Waals surface area (Å²) >= 11 is 0. The molecule has 2 heterocycles. The summed E-state index contributed by atoms with van der Waals surface area (Å²) in [6.07, 6.45) is 5.20. The van der Waals surface area contributed by atoms with Crippen molar-refractivity contribution in [3.8, 4) is 11.1 Å². The molecule has 2 aliphatic rings. The van der Waals surface area contributed by atoms with E-state index in [0.717, 1.165) is 66.7 Å². The van der Waals surface area contributed by atoms with Gasteiger partial charge in [0.15, 0.2) is 0 Å². The Hall–Kier alpha value is -3.37. The molecule has 1 aromatic heterocycles. The van der Waals surface area contributed by atoms with E-state index in [2.05, 4.69) is 78.2 Å². The molecule has 6 rings (SSSR count). The molecule has 4 aromatic rings. The van der Waals surface area contributed by atoms with Crippen LogP contribution in [0.1, 0.15) is 71.1 Å². The topological polar surface area (TPSA) is 54.3 Å².